The van der Waals surface area contributed by atoms with Gasteiger partial charge in [-0.1, -0.05) is 6.42 Å². The molecular weight excluding hydrogens is 244 g/mol. The van der Waals surface area contributed by atoms with E-state index in [1.54, 1.807) is 0 Å². The average molecular weight is 261 g/mol. The van der Waals surface area contributed by atoms with E-state index < -0.39 is 15.9 Å². The predicted octanol–water partition coefficient (Wildman–Crippen LogP) is 0.901. The Kier molecular flexibility index (Phi) is 3.73. The van der Waals surface area contributed by atoms with Crippen LogP contribution >= 0.6 is 0 Å². The van der Waals surface area contributed by atoms with E-state index in [1.807, 2.05) is 0 Å². The molecule has 6 heteroatoms. The van der Waals surface area contributed by atoms with E-state index in [-0.39, 0.29) is 24.9 Å². The lowest BCUT2D eigenvalue weighted by Gasteiger charge is -2.19. The molecule has 0 aromatic heterocycles. The molecule has 0 aromatic rings. The second-order valence-electron chi connectivity index (χ2n) is 5.06. The van der Waals surface area contributed by atoms with Crippen LogP contribution < -0.4 is 0 Å². The standard InChI is InChI=1S/C11H18O5S/c12-11(16-4-1-5-17(13,14)15)10-7-8-2-3-9(10)6-8/h8-10H,1-7H2,(H,13,14,15)/p-1. The van der Waals surface area contributed by atoms with Crippen molar-refractivity contribution >= 4 is 16.1 Å². The minimum absolute atomic E-state index is 0.0117. The van der Waals surface area contributed by atoms with Crippen molar-refractivity contribution in [1.29, 1.82) is 0 Å². The lowest BCUT2D eigenvalue weighted by molar-refractivity contribution is -0.150. The van der Waals surface area contributed by atoms with Crippen LogP contribution in [0.1, 0.15) is 32.1 Å². The van der Waals surface area contributed by atoms with Crippen LogP contribution in [0, 0.1) is 17.8 Å². The summed E-state index contributed by atoms with van der Waals surface area (Å²) in [5.41, 5.74) is 0. The van der Waals surface area contributed by atoms with E-state index in [0.29, 0.717) is 11.8 Å². The summed E-state index contributed by atoms with van der Waals surface area (Å²) in [5.74, 6) is 0.491. The van der Waals surface area contributed by atoms with E-state index in [9.17, 15) is 17.8 Å². The van der Waals surface area contributed by atoms with Gasteiger partial charge in [-0.2, -0.15) is 0 Å². The van der Waals surface area contributed by atoms with Crippen molar-refractivity contribution in [2.24, 2.45) is 17.8 Å². The number of carbonyl (C=O) groups is 1. The third-order valence-electron chi connectivity index (χ3n) is 3.82. The molecule has 0 radical (unpaired) electrons. The zero-order valence-electron chi connectivity index (χ0n) is 9.63. The molecule has 0 spiro atoms. The van der Waals surface area contributed by atoms with Crippen LogP contribution in [0.4, 0.5) is 0 Å². The van der Waals surface area contributed by atoms with Crippen molar-refractivity contribution in [1.82, 2.24) is 0 Å². The SMILES string of the molecule is O=C(OCCCS(=O)(=O)[O-])C1CC2CCC1C2. The smallest absolute Gasteiger partial charge is 0.309 e. The molecule has 17 heavy (non-hydrogen) atoms. The van der Waals surface area contributed by atoms with E-state index in [2.05, 4.69) is 0 Å². The van der Waals surface area contributed by atoms with E-state index in [4.69, 9.17) is 4.74 Å². The van der Waals surface area contributed by atoms with Crippen molar-refractivity contribution < 1.29 is 22.5 Å². The summed E-state index contributed by atoms with van der Waals surface area (Å²) in [5, 5.41) is 0. The Labute approximate surface area is 101 Å². The summed E-state index contributed by atoms with van der Waals surface area (Å²) in [7, 11) is -4.19. The topological polar surface area (TPSA) is 83.5 Å². The van der Waals surface area contributed by atoms with Gasteiger partial charge in [0, 0.05) is 5.75 Å². The molecule has 2 aliphatic carbocycles. The largest absolute Gasteiger partial charge is 0.748 e. The Balaban J connectivity index is 1.68. The van der Waals surface area contributed by atoms with E-state index in [0.717, 1.165) is 19.3 Å². The monoisotopic (exact) mass is 261 g/mol. The molecule has 98 valence electrons. The third-order valence-corrected chi connectivity index (χ3v) is 4.61. The third kappa shape index (κ3) is 3.42. The number of hydrogen-bond acceptors (Lipinski definition) is 5. The van der Waals surface area contributed by atoms with Gasteiger partial charge >= 0.3 is 5.97 Å². The summed E-state index contributed by atoms with van der Waals surface area (Å²) >= 11 is 0. The molecule has 2 fully saturated rings. The lowest BCUT2D eigenvalue weighted by Crippen LogP contribution is -2.24. The first kappa shape index (κ1) is 12.8. The summed E-state index contributed by atoms with van der Waals surface area (Å²) in [6.07, 6.45) is 4.48. The molecule has 3 unspecified atom stereocenters. The maximum atomic E-state index is 11.7. The molecule has 0 amide bonds. The van der Waals surface area contributed by atoms with Crippen LogP contribution in [-0.4, -0.2) is 31.3 Å². The van der Waals surface area contributed by atoms with Gasteiger partial charge in [-0.25, -0.2) is 8.42 Å². The molecule has 0 heterocycles. The number of hydrogen-bond donors (Lipinski definition) is 0. The van der Waals surface area contributed by atoms with Gasteiger partial charge in [0.2, 0.25) is 0 Å². The van der Waals surface area contributed by atoms with Crippen LogP contribution in [0.15, 0.2) is 0 Å². The Hall–Kier alpha value is -0.620. The van der Waals surface area contributed by atoms with Gasteiger partial charge in [0.1, 0.15) is 0 Å². The first-order chi connectivity index (χ1) is 7.96. The van der Waals surface area contributed by atoms with Crippen LogP contribution in [0.5, 0.6) is 0 Å². The normalized spacial score (nSPS) is 31.7. The minimum atomic E-state index is -4.19. The second-order valence-corrected chi connectivity index (χ2v) is 6.59. The quantitative estimate of drug-likeness (QED) is 0.417. The fourth-order valence-corrected chi connectivity index (χ4v) is 3.52. The summed E-state index contributed by atoms with van der Waals surface area (Å²) in [6, 6.07) is 0. The molecule has 2 rings (SSSR count). The predicted molar refractivity (Wildman–Crippen MR) is 59.1 cm³/mol. The number of carbonyl (C=O) groups excluding carboxylic acids is 1. The molecule has 0 aromatic carbocycles. The number of ether oxygens (including phenoxy) is 1. The molecule has 2 saturated carbocycles. The number of esters is 1. The van der Waals surface area contributed by atoms with Crippen molar-refractivity contribution in [2.75, 3.05) is 12.4 Å². The van der Waals surface area contributed by atoms with Gasteiger partial charge in [0.25, 0.3) is 0 Å². The Bertz CT molecular complexity index is 389. The van der Waals surface area contributed by atoms with Gasteiger partial charge in [-0.3, -0.25) is 4.79 Å². The van der Waals surface area contributed by atoms with Gasteiger partial charge in [0.15, 0.2) is 0 Å². The molecule has 0 aliphatic heterocycles. The maximum absolute atomic E-state index is 11.7. The minimum Gasteiger partial charge on any atom is -0.748 e. The van der Waals surface area contributed by atoms with Crippen molar-refractivity contribution in [3.05, 3.63) is 0 Å². The van der Waals surface area contributed by atoms with Crippen molar-refractivity contribution in [2.45, 2.75) is 32.1 Å². The summed E-state index contributed by atoms with van der Waals surface area (Å²) in [4.78, 5) is 11.7. The number of rotatable bonds is 5. The van der Waals surface area contributed by atoms with Gasteiger partial charge < -0.3 is 9.29 Å². The van der Waals surface area contributed by atoms with Gasteiger partial charge in [0.05, 0.1) is 22.6 Å². The highest BCUT2D eigenvalue weighted by molar-refractivity contribution is 7.85. The zero-order valence-corrected chi connectivity index (χ0v) is 10.4. The molecule has 2 bridgehead atoms. The summed E-state index contributed by atoms with van der Waals surface area (Å²) in [6.45, 7) is 0.0359. The summed E-state index contributed by atoms with van der Waals surface area (Å²) < 4.78 is 36.1. The Morgan fingerprint density at radius 2 is 2.06 bits per heavy atom. The Morgan fingerprint density at radius 1 is 1.29 bits per heavy atom. The maximum Gasteiger partial charge on any atom is 0.309 e. The fraction of sp³-hybridized carbons (Fsp3) is 0.909. The van der Waals surface area contributed by atoms with Crippen LogP contribution in [0.3, 0.4) is 0 Å². The van der Waals surface area contributed by atoms with Crippen LogP contribution in [0.25, 0.3) is 0 Å². The first-order valence-electron chi connectivity index (χ1n) is 6.06. The van der Waals surface area contributed by atoms with Gasteiger partial charge in [-0.15, -0.1) is 0 Å². The van der Waals surface area contributed by atoms with Crippen LogP contribution in [-0.2, 0) is 19.6 Å². The highest BCUT2D eigenvalue weighted by atomic mass is 32.2. The molecule has 5 nitrogen and oxygen atoms in total. The van der Waals surface area contributed by atoms with Crippen molar-refractivity contribution in [3.8, 4) is 0 Å². The van der Waals surface area contributed by atoms with Gasteiger partial charge in [-0.05, 0) is 37.5 Å². The molecule has 3 atom stereocenters. The highest BCUT2D eigenvalue weighted by Gasteiger charge is 2.43. The fourth-order valence-electron chi connectivity index (χ4n) is 3.05. The van der Waals surface area contributed by atoms with E-state index in [1.165, 1.54) is 6.42 Å². The first-order valence-corrected chi connectivity index (χ1v) is 7.63. The molecular formula is C11H17O5S-. The second kappa shape index (κ2) is 4.94. The number of fused-ring (bicyclic) bond motifs is 2. The highest BCUT2D eigenvalue weighted by Crippen LogP contribution is 2.48. The molecule has 0 N–H and O–H groups in total. The zero-order chi connectivity index (χ0) is 12.5. The Morgan fingerprint density at radius 3 is 2.59 bits per heavy atom. The average Bonchev–Trinajstić information content (AvgIpc) is 2.84. The molecule has 0 saturated heterocycles. The van der Waals surface area contributed by atoms with E-state index >= 15 is 0 Å². The van der Waals surface area contributed by atoms with Crippen LogP contribution in [0.2, 0.25) is 0 Å². The van der Waals surface area contributed by atoms with Crippen molar-refractivity contribution in [3.63, 3.8) is 0 Å². The molecule has 2 aliphatic rings. The lowest BCUT2D eigenvalue weighted by atomic mass is 9.89.